The number of hydrogen-bond acceptors (Lipinski definition) is 4. The van der Waals surface area contributed by atoms with E-state index >= 15 is 0 Å². The van der Waals surface area contributed by atoms with Gasteiger partial charge in [-0.3, -0.25) is 0 Å². The highest BCUT2D eigenvalue weighted by molar-refractivity contribution is 5.86. The third-order valence-electron chi connectivity index (χ3n) is 3.03. The maximum Gasteiger partial charge on any atom is 0.347 e. The lowest BCUT2D eigenvalue weighted by Gasteiger charge is -2.06. The first-order valence-electron chi connectivity index (χ1n) is 5.96. The van der Waals surface area contributed by atoms with Crippen molar-refractivity contribution in [2.24, 2.45) is 0 Å². The van der Waals surface area contributed by atoms with E-state index in [1.54, 1.807) is 0 Å². The summed E-state index contributed by atoms with van der Waals surface area (Å²) in [6.45, 7) is 3.74. The summed E-state index contributed by atoms with van der Waals surface area (Å²) in [6.07, 6.45) is 0. The lowest BCUT2D eigenvalue weighted by Crippen LogP contribution is -2.13. The summed E-state index contributed by atoms with van der Waals surface area (Å²) in [5.41, 5.74) is 3.75. The standard InChI is InChI=1S/C14H12N4O/c1-8-9(2)16-13-12(15-8)11(17-14(19)18-13)10-6-4-3-5-7-10/h3-7H,1-2H3,(H,16,17,18,19). The number of benzene rings is 1. The maximum absolute atomic E-state index is 11.6. The normalized spacial score (nSPS) is 10.8. The topological polar surface area (TPSA) is 71.5 Å². The second-order valence-electron chi connectivity index (χ2n) is 4.35. The largest absolute Gasteiger partial charge is 0.347 e. The number of hydrogen-bond donors (Lipinski definition) is 1. The van der Waals surface area contributed by atoms with E-state index in [2.05, 4.69) is 19.9 Å². The number of aromatic amines is 1. The molecular weight excluding hydrogens is 240 g/mol. The second kappa shape index (κ2) is 4.28. The van der Waals surface area contributed by atoms with Crippen LogP contribution in [0.3, 0.4) is 0 Å². The number of fused-ring (bicyclic) bond motifs is 1. The molecule has 5 nitrogen and oxygen atoms in total. The van der Waals surface area contributed by atoms with Crippen LogP contribution in [0.5, 0.6) is 0 Å². The summed E-state index contributed by atoms with van der Waals surface area (Å²) in [5.74, 6) is 0. The molecule has 0 amide bonds. The Labute approximate surface area is 109 Å². The second-order valence-corrected chi connectivity index (χ2v) is 4.35. The quantitative estimate of drug-likeness (QED) is 0.719. The van der Waals surface area contributed by atoms with Gasteiger partial charge in [-0.05, 0) is 13.8 Å². The summed E-state index contributed by atoms with van der Waals surface area (Å²) in [5, 5.41) is 0. The minimum Gasteiger partial charge on any atom is -0.303 e. The average Bonchev–Trinajstić information content (AvgIpc) is 2.41. The van der Waals surface area contributed by atoms with Crippen molar-refractivity contribution < 1.29 is 0 Å². The maximum atomic E-state index is 11.6. The van der Waals surface area contributed by atoms with Gasteiger partial charge in [-0.1, -0.05) is 30.3 Å². The predicted molar refractivity (Wildman–Crippen MR) is 72.9 cm³/mol. The zero-order valence-corrected chi connectivity index (χ0v) is 10.6. The third kappa shape index (κ3) is 1.99. The molecule has 0 aliphatic carbocycles. The van der Waals surface area contributed by atoms with Crippen molar-refractivity contribution in [2.45, 2.75) is 13.8 Å². The Morgan fingerprint density at radius 1 is 0.947 bits per heavy atom. The Morgan fingerprint density at radius 2 is 1.63 bits per heavy atom. The van der Waals surface area contributed by atoms with E-state index in [-0.39, 0.29) is 0 Å². The van der Waals surface area contributed by atoms with E-state index in [1.807, 2.05) is 44.2 Å². The van der Waals surface area contributed by atoms with E-state index in [9.17, 15) is 4.79 Å². The van der Waals surface area contributed by atoms with Gasteiger partial charge in [0.05, 0.1) is 17.1 Å². The number of H-pyrrole nitrogens is 1. The molecule has 0 unspecified atom stereocenters. The van der Waals surface area contributed by atoms with Gasteiger partial charge in [-0.2, -0.15) is 4.98 Å². The smallest absolute Gasteiger partial charge is 0.303 e. The summed E-state index contributed by atoms with van der Waals surface area (Å²) < 4.78 is 0. The molecule has 5 heteroatoms. The Hall–Kier alpha value is -2.56. The molecule has 0 atom stereocenters. The summed E-state index contributed by atoms with van der Waals surface area (Å²) in [4.78, 5) is 27.1. The minimum absolute atomic E-state index is 0.380. The molecule has 2 heterocycles. The molecule has 0 bridgehead atoms. The Bertz CT molecular complexity index is 809. The van der Waals surface area contributed by atoms with Crippen LogP contribution in [0.4, 0.5) is 0 Å². The molecule has 1 N–H and O–H groups in total. The molecule has 0 aliphatic rings. The zero-order chi connectivity index (χ0) is 13.4. The van der Waals surface area contributed by atoms with Gasteiger partial charge in [0.2, 0.25) is 0 Å². The molecule has 0 spiro atoms. The molecule has 19 heavy (non-hydrogen) atoms. The number of nitrogens with zero attached hydrogens (tertiary/aromatic N) is 3. The van der Waals surface area contributed by atoms with Crippen molar-refractivity contribution in [2.75, 3.05) is 0 Å². The highest BCUT2D eigenvalue weighted by Gasteiger charge is 2.11. The van der Waals surface area contributed by atoms with E-state index in [0.29, 0.717) is 16.9 Å². The van der Waals surface area contributed by atoms with Crippen molar-refractivity contribution in [3.8, 4) is 11.3 Å². The first-order valence-corrected chi connectivity index (χ1v) is 5.96. The van der Waals surface area contributed by atoms with Gasteiger partial charge in [0, 0.05) is 5.56 Å². The molecule has 3 rings (SSSR count). The summed E-state index contributed by atoms with van der Waals surface area (Å²) in [7, 11) is 0. The van der Waals surface area contributed by atoms with E-state index in [0.717, 1.165) is 17.0 Å². The van der Waals surface area contributed by atoms with Crippen molar-refractivity contribution in [1.29, 1.82) is 0 Å². The lowest BCUT2D eigenvalue weighted by molar-refractivity contribution is 1.03. The molecule has 0 fully saturated rings. The minimum atomic E-state index is -0.413. The van der Waals surface area contributed by atoms with Crippen LogP contribution >= 0.6 is 0 Å². The van der Waals surface area contributed by atoms with Crippen LogP contribution in [0, 0.1) is 13.8 Å². The Kier molecular flexibility index (Phi) is 2.59. The summed E-state index contributed by atoms with van der Waals surface area (Å²) in [6, 6.07) is 9.58. The molecule has 3 aromatic rings. The monoisotopic (exact) mass is 252 g/mol. The van der Waals surface area contributed by atoms with E-state index in [4.69, 9.17) is 0 Å². The van der Waals surface area contributed by atoms with Crippen LogP contribution in [-0.4, -0.2) is 19.9 Å². The molecule has 2 aromatic heterocycles. The average molecular weight is 252 g/mol. The van der Waals surface area contributed by atoms with Gasteiger partial charge in [0.25, 0.3) is 0 Å². The Balaban J connectivity index is 2.42. The number of nitrogens with one attached hydrogen (secondary N) is 1. The van der Waals surface area contributed by atoms with E-state index < -0.39 is 5.69 Å². The Morgan fingerprint density at radius 3 is 2.37 bits per heavy atom. The van der Waals surface area contributed by atoms with Gasteiger partial charge in [-0.15, -0.1) is 0 Å². The molecule has 1 aromatic carbocycles. The number of aryl methyl sites for hydroxylation is 2. The highest BCUT2D eigenvalue weighted by Crippen LogP contribution is 2.22. The van der Waals surface area contributed by atoms with Gasteiger partial charge in [0.15, 0.2) is 5.65 Å². The summed E-state index contributed by atoms with van der Waals surface area (Å²) >= 11 is 0. The van der Waals surface area contributed by atoms with Crippen LogP contribution in [0.15, 0.2) is 35.1 Å². The highest BCUT2D eigenvalue weighted by atomic mass is 16.1. The molecule has 0 aliphatic heterocycles. The molecular formula is C14H12N4O. The van der Waals surface area contributed by atoms with Crippen LogP contribution in [-0.2, 0) is 0 Å². The fourth-order valence-corrected chi connectivity index (χ4v) is 1.94. The first-order chi connectivity index (χ1) is 9.15. The van der Waals surface area contributed by atoms with Crippen molar-refractivity contribution in [3.63, 3.8) is 0 Å². The SMILES string of the molecule is Cc1nc2nc(=O)[nH]c(-c3ccccc3)c2nc1C. The van der Waals surface area contributed by atoms with E-state index in [1.165, 1.54) is 0 Å². The first kappa shape index (κ1) is 11.5. The molecule has 94 valence electrons. The van der Waals surface area contributed by atoms with Crippen LogP contribution in [0.1, 0.15) is 11.4 Å². The fourth-order valence-electron chi connectivity index (χ4n) is 1.94. The van der Waals surface area contributed by atoms with Crippen molar-refractivity contribution >= 4 is 11.2 Å². The predicted octanol–water partition coefficient (Wildman–Crippen LogP) is 2.00. The molecule has 0 saturated carbocycles. The van der Waals surface area contributed by atoms with Gasteiger partial charge < -0.3 is 4.98 Å². The third-order valence-corrected chi connectivity index (χ3v) is 3.03. The van der Waals surface area contributed by atoms with Crippen molar-refractivity contribution in [3.05, 3.63) is 52.2 Å². The van der Waals surface area contributed by atoms with Crippen LogP contribution in [0.25, 0.3) is 22.4 Å². The lowest BCUT2D eigenvalue weighted by atomic mass is 10.1. The fraction of sp³-hybridized carbons (Fsp3) is 0.143. The van der Waals surface area contributed by atoms with Crippen molar-refractivity contribution in [1.82, 2.24) is 19.9 Å². The number of rotatable bonds is 1. The van der Waals surface area contributed by atoms with Gasteiger partial charge in [-0.25, -0.2) is 14.8 Å². The van der Waals surface area contributed by atoms with Gasteiger partial charge in [0.1, 0.15) is 5.52 Å². The number of aromatic nitrogens is 4. The molecule has 0 radical (unpaired) electrons. The van der Waals surface area contributed by atoms with Crippen LogP contribution < -0.4 is 5.69 Å². The van der Waals surface area contributed by atoms with Gasteiger partial charge >= 0.3 is 5.69 Å². The zero-order valence-electron chi connectivity index (χ0n) is 10.6. The molecule has 0 saturated heterocycles. The van der Waals surface area contributed by atoms with Crippen LogP contribution in [0.2, 0.25) is 0 Å².